The molecule has 0 aliphatic carbocycles. The number of carbonyl (C=O) groups excluding carboxylic acids is 1. The van der Waals surface area contributed by atoms with Crippen LogP contribution in [0.5, 0.6) is 0 Å². The van der Waals surface area contributed by atoms with Gasteiger partial charge in [-0.2, -0.15) is 0 Å². The zero-order valence-corrected chi connectivity index (χ0v) is 12.7. The van der Waals surface area contributed by atoms with Gasteiger partial charge in [0, 0.05) is 6.04 Å². The summed E-state index contributed by atoms with van der Waals surface area (Å²) in [5, 5.41) is 11.7. The van der Waals surface area contributed by atoms with Gasteiger partial charge in [-0.3, -0.25) is 9.59 Å². The van der Waals surface area contributed by atoms with E-state index < -0.39 is 12.0 Å². The van der Waals surface area contributed by atoms with Gasteiger partial charge in [0.2, 0.25) is 5.91 Å². The molecule has 0 saturated heterocycles. The van der Waals surface area contributed by atoms with Crippen molar-refractivity contribution >= 4 is 11.9 Å². The summed E-state index contributed by atoms with van der Waals surface area (Å²) in [6, 6.07) is -0.957. The Morgan fingerprint density at radius 1 is 1.32 bits per heavy atom. The highest BCUT2D eigenvalue weighted by atomic mass is 16.4. The summed E-state index contributed by atoms with van der Waals surface area (Å²) in [6.07, 6.45) is 1.35. The molecule has 112 valence electrons. The van der Waals surface area contributed by atoms with Crippen LogP contribution in [-0.4, -0.2) is 29.1 Å². The van der Waals surface area contributed by atoms with Crippen LogP contribution in [0.15, 0.2) is 0 Å². The maximum absolute atomic E-state index is 12.0. The SMILES string of the molecule is CCC(C)[C@H](N)C(=O)NC(CC(=O)O)CC(C)(C)C. The predicted octanol–water partition coefficient (Wildman–Crippen LogP) is 1.76. The van der Waals surface area contributed by atoms with Crippen molar-refractivity contribution in [2.75, 3.05) is 0 Å². The molecule has 0 rings (SSSR count). The molecule has 3 atom stereocenters. The summed E-state index contributed by atoms with van der Waals surface area (Å²) in [7, 11) is 0. The number of amides is 1. The van der Waals surface area contributed by atoms with E-state index in [1.54, 1.807) is 0 Å². The van der Waals surface area contributed by atoms with Gasteiger partial charge in [0.25, 0.3) is 0 Å². The highest BCUT2D eigenvalue weighted by Crippen LogP contribution is 2.22. The van der Waals surface area contributed by atoms with Crippen molar-refractivity contribution in [2.45, 2.75) is 66.0 Å². The van der Waals surface area contributed by atoms with E-state index in [4.69, 9.17) is 10.8 Å². The van der Waals surface area contributed by atoms with Crippen molar-refractivity contribution in [1.29, 1.82) is 0 Å². The van der Waals surface area contributed by atoms with Crippen molar-refractivity contribution < 1.29 is 14.7 Å². The second kappa shape index (κ2) is 7.48. The molecule has 1 amide bonds. The van der Waals surface area contributed by atoms with E-state index >= 15 is 0 Å². The third-order valence-electron chi connectivity index (χ3n) is 3.19. The number of aliphatic carboxylic acids is 1. The lowest BCUT2D eigenvalue weighted by Gasteiger charge is -2.27. The molecular formula is C14H28N2O3. The highest BCUT2D eigenvalue weighted by molar-refractivity contribution is 5.82. The first-order valence-corrected chi connectivity index (χ1v) is 6.84. The van der Waals surface area contributed by atoms with Gasteiger partial charge in [-0.05, 0) is 17.8 Å². The van der Waals surface area contributed by atoms with Gasteiger partial charge in [-0.25, -0.2) is 0 Å². The minimum atomic E-state index is -0.910. The van der Waals surface area contributed by atoms with Crippen LogP contribution in [0, 0.1) is 11.3 Å². The molecule has 0 aliphatic rings. The van der Waals surface area contributed by atoms with Crippen molar-refractivity contribution in [3.8, 4) is 0 Å². The quantitative estimate of drug-likeness (QED) is 0.658. The van der Waals surface area contributed by atoms with Gasteiger partial charge in [0.1, 0.15) is 0 Å². The summed E-state index contributed by atoms with van der Waals surface area (Å²) in [5.74, 6) is -1.09. The predicted molar refractivity (Wildman–Crippen MR) is 75.7 cm³/mol. The Labute approximate surface area is 115 Å². The number of rotatable bonds is 7. The third-order valence-corrected chi connectivity index (χ3v) is 3.19. The van der Waals surface area contributed by atoms with Crippen LogP contribution in [0.2, 0.25) is 0 Å². The van der Waals surface area contributed by atoms with Crippen LogP contribution in [0.3, 0.4) is 0 Å². The molecular weight excluding hydrogens is 244 g/mol. The van der Waals surface area contributed by atoms with Crippen molar-refractivity contribution in [1.82, 2.24) is 5.32 Å². The Hall–Kier alpha value is -1.10. The Bertz CT molecular complexity index is 310. The van der Waals surface area contributed by atoms with Crippen molar-refractivity contribution in [3.63, 3.8) is 0 Å². The van der Waals surface area contributed by atoms with E-state index in [0.29, 0.717) is 6.42 Å². The summed E-state index contributed by atoms with van der Waals surface area (Å²) < 4.78 is 0. The molecule has 2 unspecified atom stereocenters. The average Bonchev–Trinajstić information content (AvgIpc) is 2.23. The lowest BCUT2D eigenvalue weighted by molar-refractivity contribution is -0.138. The van der Waals surface area contributed by atoms with Crippen LogP contribution in [0.25, 0.3) is 0 Å². The summed E-state index contributed by atoms with van der Waals surface area (Å²) >= 11 is 0. The van der Waals surface area contributed by atoms with Gasteiger partial charge in [0.05, 0.1) is 12.5 Å². The monoisotopic (exact) mass is 272 g/mol. The number of carboxylic acid groups (broad SMARTS) is 1. The third kappa shape index (κ3) is 7.82. The second-order valence-electron chi connectivity index (χ2n) is 6.48. The summed E-state index contributed by atoms with van der Waals surface area (Å²) in [4.78, 5) is 22.8. The van der Waals surface area contributed by atoms with E-state index in [1.807, 2.05) is 34.6 Å². The van der Waals surface area contributed by atoms with Crippen LogP contribution < -0.4 is 11.1 Å². The summed E-state index contributed by atoms with van der Waals surface area (Å²) in [6.45, 7) is 9.94. The zero-order valence-electron chi connectivity index (χ0n) is 12.7. The molecule has 19 heavy (non-hydrogen) atoms. The standard InChI is InChI=1S/C14H28N2O3/c1-6-9(2)12(15)13(19)16-10(7-11(17)18)8-14(3,4)5/h9-10,12H,6-8,15H2,1-5H3,(H,16,19)(H,17,18)/t9?,10?,12-/m0/s1. The molecule has 0 aliphatic heterocycles. The normalized spacial score (nSPS) is 16.5. The minimum absolute atomic E-state index is 0.0478. The number of hydrogen-bond donors (Lipinski definition) is 3. The topological polar surface area (TPSA) is 92.4 Å². The van der Waals surface area contributed by atoms with Crippen LogP contribution in [-0.2, 0) is 9.59 Å². The van der Waals surface area contributed by atoms with E-state index in [1.165, 1.54) is 0 Å². The Balaban J connectivity index is 4.63. The maximum Gasteiger partial charge on any atom is 0.305 e. The minimum Gasteiger partial charge on any atom is -0.481 e. The van der Waals surface area contributed by atoms with E-state index in [-0.39, 0.29) is 29.7 Å². The molecule has 0 heterocycles. The molecule has 0 aromatic rings. The fourth-order valence-electron chi connectivity index (χ4n) is 1.93. The largest absolute Gasteiger partial charge is 0.481 e. The van der Waals surface area contributed by atoms with Gasteiger partial charge < -0.3 is 16.2 Å². The molecule has 4 N–H and O–H groups in total. The molecule has 5 nitrogen and oxygen atoms in total. The van der Waals surface area contributed by atoms with E-state index in [0.717, 1.165) is 6.42 Å². The number of nitrogens with two attached hydrogens (primary N) is 1. The fraction of sp³-hybridized carbons (Fsp3) is 0.857. The van der Waals surface area contributed by atoms with Crippen molar-refractivity contribution in [3.05, 3.63) is 0 Å². The van der Waals surface area contributed by atoms with Gasteiger partial charge in [0.15, 0.2) is 0 Å². The van der Waals surface area contributed by atoms with Gasteiger partial charge >= 0.3 is 5.97 Å². The number of nitrogens with one attached hydrogen (secondary N) is 1. The maximum atomic E-state index is 12.0. The number of carbonyl (C=O) groups is 2. The summed E-state index contributed by atoms with van der Waals surface area (Å²) in [5.41, 5.74) is 5.81. The fourth-order valence-corrected chi connectivity index (χ4v) is 1.93. The first kappa shape index (κ1) is 17.9. The Morgan fingerprint density at radius 2 is 1.84 bits per heavy atom. The zero-order chi connectivity index (χ0) is 15.2. The second-order valence-corrected chi connectivity index (χ2v) is 6.48. The molecule has 0 saturated carbocycles. The molecule has 0 fully saturated rings. The lowest BCUT2D eigenvalue weighted by atomic mass is 9.86. The van der Waals surface area contributed by atoms with Crippen LogP contribution >= 0.6 is 0 Å². The first-order chi connectivity index (χ1) is 8.56. The van der Waals surface area contributed by atoms with Gasteiger partial charge in [-0.1, -0.05) is 41.0 Å². The molecule has 0 aromatic heterocycles. The average molecular weight is 272 g/mol. The number of carboxylic acids is 1. The van der Waals surface area contributed by atoms with Gasteiger partial charge in [-0.15, -0.1) is 0 Å². The Morgan fingerprint density at radius 3 is 2.21 bits per heavy atom. The first-order valence-electron chi connectivity index (χ1n) is 6.84. The van der Waals surface area contributed by atoms with Crippen LogP contribution in [0.1, 0.15) is 53.9 Å². The highest BCUT2D eigenvalue weighted by Gasteiger charge is 2.26. The van der Waals surface area contributed by atoms with E-state index in [9.17, 15) is 9.59 Å². The molecule has 0 spiro atoms. The molecule has 5 heteroatoms. The lowest BCUT2D eigenvalue weighted by Crippen LogP contribution is -2.49. The number of hydrogen-bond acceptors (Lipinski definition) is 3. The molecule has 0 bridgehead atoms. The molecule has 0 aromatic carbocycles. The molecule has 0 radical (unpaired) electrons. The smallest absolute Gasteiger partial charge is 0.305 e. The van der Waals surface area contributed by atoms with E-state index in [2.05, 4.69) is 5.32 Å². The van der Waals surface area contributed by atoms with Crippen molar-refractivity contribution in [2.24, 2.45) is 17.1 Å². The van der Waals surface area contributed by atoms with Crippen LogP contribution in [0.4, 0.5) is 0 Å². The Kier molecular flexibility index (Phi) is 7.05.